The van der Waals surface area contributed by atoms with Crippen molar-refractivity contribution < 1.29 is 41.9 Å². The standard InChI is InChI=1S/C33H27F3N2O7/c1-21(23-4-15-29(30(36)20-23)22-2-7-25(34)8-3-22)37-18-16-33(45-31(37)39,24-5-9-26(35)10-6-24)17-19-43-32(40)44-28-13-11-27(12-14-28)38(41)42/h2-15,20-21H,16-19H2,1H3/t21-,33-/m0/s1. The number of carbonyl (C=O) groups is 2. The summed E-state index contributed by atoms with van der Waals surface area (Å²) in [5.74, 6) is -1.41. The van der Waals surface area contributed by atoms with Crippen molar-refractivity contribution in [3.63, 3.8) is 0 Å². The highest BCUT2D eigenvalue weighted by Crippen LogP contribution is 2.40. The Bertz CT molecular complexity index is 1700. The zero-order valence-electron chi connectivity index (χ0n) is 24.0. The fourth-order valence-corrected chi connectivity index (χ4v) is 5.19. The number of nitrogens with zero attached hydrogens (tertiary/aromatic N) is 2. The van der Waals surface area contributed by atoms with E-state index in [2.05, 4.69) is 0 Å². The molecule has 1 heterocycles. The average Bonchev–Trinajstić information content (AvgIpc) is 3.02. The van der Waals surface area contributed by atoms with Crippen LogP contribution in [-0.2, 0) is 15.1 Å². The van der Waals surface area contributed by atoms with Gasteiger partial charge in [-0.25, -0.2) is 22.8 Å². The SMILES string of the molecule is C[C@@H](c1ccc(-c2ccc(F)cc2)c(F)c1)N1CC[C@](CCOC(=O)Oc2ccc([N+](=O)[O-])cc2)(c2ccc(F)cc2)OC1=O. The third-order valence-electron chi connectivity index (χ3n) is 7.72. The minimum Gasteiger partial charge on any atom is -0.438 e. The Morgan fingerprint density at radius 3 is 2.22 bits per heavy atom. The minimum absolute atomic E-state index is 0.0168. The van der Waals surface area contributed by atoms with Crippen LogP contribution in [0.4, 0.5) is 28.4 Å². The fourth-order valence-electron chi connectivity index (χ4n) is 5.19. The van der Waals surface area contributed by atoms with Crippen molar-refractivity contribution >= 4 is 17.9 Å². The Balaban J connectivity index is 1.27. The molecule has 0 aliphatic carbocycles. The number of cyclic esters (lactones) is 1. The summed E-state index contributed by atoms with van der Waals surface area (Å²) in [6.07, 6.45) is -1.51. The second-order valence-electron chi connectivity index (χ2n) is 10.4. The van der Waals surface area contributed by atoms with E-state index in [4.69, 9.17) is 14.2 Å². The van der Waals surface area contributed by atoms with Gasteiger partial charge >= 0.3 is 12.2 Å². The van der Waals surface area contributed by atoms with E-state index < -0.39 is 46.3 Å². The van der Waals surface area contributed by atoms with Crippen LogP contribution in [0.2, 0.25) is 0 Å². The van der Waals surface area contributed by atoms with E-state index in [0.717, 1.165) is 0 Å². The van der Waals surface area contributed by atoms with Gasteiger partial charge in [0, 0.05) is 37.1 Å². The summed E-state index contributed by atoms with van der Waals surface area (Å²) in [6, 6.07) is 19.7. The lowest BCUT2D eigenvalue weighted by Crippen LogP contribution is -2.49. The number of hydrogen-bond donors (Lipinski definition) is 0. The van der Waals surface area contributed by atoms with Gasteiger partial charge in [0.15, 0.2) is 0 Å². The van der Waals surface area contributed by atoms with Crippen molar-refractivity contribution in [1.29, 1.82) is 0 Å². The van der Waals surface area contributed by atoms with Gasteiger partial charge in [0.05, 0.1) is 17.6 Å². The maximum Gasteiger partial charge on any atom is 0.513 e. The smallest absolute Gasteiger partial charge is 0.438 e. The lowest BCUT2D eigenvalue weighted by molar-refractivity contribution is -0.384. The van der Waals surface area contributed by atoms with Crippen molar-refractivity contribution in [1.82, 2.24) is 4.90 Å². The topological polar surface area (TPSA) is 108 Å². The number of ether oxygens (including phenoxy) is 3. The number of amides is 1. The van der Waals surface area contributed by atoms with Crippen LogP contribution in [0, 0.1) is 27.6 Å². The first-order valence-electron chi connectivity index (χ1n) is 13.9. The third-order valence-corrected chi connectivity index (χ3v) is 7.72. The van der Waals surface area contributed by atoms with Crippen LogP contribution in [0.3, 0.4) is 0 Å². The maximum atomic E-state index is 15.1. The summed E-state index contributed by atoms with van der Waals surface area (Å²) in [6.45, 7) is 1.68. The van der Waals surface area contributed by atoms with Crippen LogP contribution in [0.1, 0.15) is 36.9 Å². The van der Waals surface area contributed by atoms with E-state index in [1.54, 1.807) is 19.1 Å². The minimum atomic E-state index is -1.27. The van der Waals surface area contributed by atoms with Gasteiger partial charge in [0.2, 0.25) is 0 Å². The van der Waals surface area contributed by atoms with Gasteiger partial charge < -0.3 is 19.1 Å². The Kier molecular flexibility index (Phi) is 9.03. The van der Waals surface area contributed by atoms with Crippen LogP contribution in [-0.4, -0.2) is 35.2 Å². The van der Waals surface area contributed by atoms with Crippen molar-refractivity contribution in [2.75, 3.05) is 13.2 Å². The molecule has 9 nitrogen and oxygen atoms in total. The highest BCUT2D eigenvalue weighted by molar-refractivity contribution is 5.71. The molecule has 1 saturated heterocycles. The van der Waals surface area contributed by atoms with E-state index in [1.165, 1.54) is 83.8 Å². The molecule has 0 bridgehead atoms. The van der Waals surface area contributed by atoms with Gasteiger partial charge in [0.1, 0.15) is 28.8 Å². The van der Waals surface area contributed by atoms with E-state index in [0.29, 0.717) is 16.7 Å². The summed E-state index contributed by atoms with van der Waals surface area (Å²) >= 11 is 0. The number of benzene rings is 4. The van der Waals surface area contributed by atoms with Gasteiger partial charge in [-0.1, -0.05) is 36.4 Å². The molecule has 1 fully saturated rings. The summed E-state index contributed by atoms with van der Waals surface area (Å²) in [7, 11) is 0. The third kappa shape index (κ3) is 7.06. The second-order valence-corrected chi connectivity index (χ2v) is 10.4. The number of hydrogen-bond acceptors (Lipinski definition) is 7. The number of non-ortho nitro benzene ring substituents is 1. The van der Waals surface area contributed by atoms with Gasteiger partial charge in [-0.3, -0.25) is 10.1 Å². The van der Waals surface area contributed by atoms with Gasteiger partial charge in [-0.05, 0) is 66.1 Å². The molecule has 0 saturated carbocycles. The molecular formula is C33H27F3N2O7. The molecule has 4 aromatic rings. The van der Waals surface area contributed by atoms with Gasteiger partial charge in [-0.15, -0.1) is 0 Å². The molecule has 0 aromatic heterocycles. The molecule has 0 unspecified atom stereocenters. The normalized spacial score (nSPS) is 16.9. The molecule has 1 amide bonds. The Morgan fingerprint density at radius 2 is 1.62 bits per heavy atom. The van der Waals surface area contributed by atoms with Crippen LogP contribution in [0.15, 0.2) is 91.0 Å². The molecule has 0 radical (unpaired) electrons. The summed E-state index contributed by atoms with van der Waals surface area (Å²) < 4.78 is 58.4. The zero-order chi connectivity index (χ0) is 32.1. The number of carbonyl (C=O) groups excluding carboxylic acids is 2. The van der Waals surface area contributed by atoms with Crippen LogP contribution >= 0.6 is 0 Å². The van der Waals surface area contributed by atoms with Gasteiger partial charge in [-0.2, -0.15) is 0 Å². The van der Waals surface area contributed by atoms with Crippen LogP contribution in [0.5, 0.6) is 5.75 Å². The highest BCUT2D eigenvalue weighted by Gasteiger charge is 2.44. The zero-order valence-corrected chi connectivity index (χ0v) is 24.0. The molecule has 12 heteroatoms. The first kappa shape index (κ1) is 31.0. The molecule has 2 atom stereocenters. The molecular weight excluding hydrogens is 593 g/mol. The molecule has 4 aromatic carbocycles. The molecule has 5 rings (SSSR count). The van der Waals surface area contributed by atoms with E-state index in [1.807, 2.05) is 0 Å². The fraction of sp³-hybridized carbons (Fsp3) is 0.212. The van der Waals surface area contributed by atoms with Crippen molar-refractivity contribution in [2.24, 2.45) is 0 Å². The Morgan fingerprint density at radius 1 is 0.978 bits per heavy atom. The van der Waals surface area contributed by atoms with Crippen molar-refractivity contribution in [3.05, 3.63) is 130 Å². The largest absolute Gasteiger partial charge is 0.513 e. The summed E-state index contributed by atoms with van der Waals surface area (Å²) in [5.41, 5.74) is 0.356. The first-order valence-corrected chi connectivity index (χ1v) is 13.9. The van der Waals surface area contributed by atoms with E-state index in [9.17, 15) is 28.5 Å². The predicted molar refractivity (Wildman–Crippen MR) is 156 cm³/mol. The van der Waals surface area contributed by atoms with E-state index in [-0.39, 0.29) is 43.0 Å². The van der Waals surface area contributed by atoms with Crippen molar-refractivity contribution in [3.8, 4) is 16.9 Å². The second kappa shape index (κ2) is 13.1. The van der Waals surface area contributed by atoms with Crippen LogP contribution in [0.25, 0.3) is 11.1 Å². The highest BCUT2D eigenvalue weighted by atomic mass is 19.1. The summed E-state index contributed by atoms with van der Waals surface area (Å²) in [4.78, 5) is 37.4. The number of rotatable bonds is 9. The first-order chi connectivity index (χ1) is 21.5. The van der Waals surface area contributed by atoms with Gasteiger partial charge in [0.25, 0.3) is 5.69 Å². The van der Waals surface area contributed by atoms with Crippen molar-refractivity contribution in [2.45, 2.75) is 31.4 Å². The molecule has 232 valence electrons. The average molecular weight is 621 g/mol. The Hall–Kier alpha value is -5.39. The molecule has 45 heavy (non-hydrogen) atoms. The quantitative estimate of drug-likeness (QED) is 0.0806. The van der Waals surface area contributed by atoms with Crippen LogP contribution < -0.4 is 4.74 Å². The lowest BCUT2D eigenvalue weighted by atomic mass is 9.85. The molecule has 0 N–H and O–H groups in total. The maximum absolute atomic E-state index is 15.1. The number of halogens is 3. The van der Waals surface area contributed by atoms with E-state index >= 15 is 4.39 Å². The molecule has 0 spiro atoms. The predicted octanol–water partition coefficient (Wildman–Crippen LogP) is 8.08. The Labute approximate surface area is 255 Å². The number of nitro benzene ring substituents is 1. The molecule has 1 aliphatic rings. The lowest BCUT2D eigenvalue weighted by Gasteiger charge is -2.43. The summed E-state index contributed by atoms with van der Waals surface area (Å²) in [5, 5.41) is 10.8. The molecule has 1 aliphatic heterocycles. The number of nitro groups is 1. The monoisotopic (exact) mass is 620 g/mol.